The summed E-state index contributed by atoms with van der Waals surface area (Å²) in [5.74, 6) is -1.89. The van der Waals surface area contributed by atoms with Crippen molar-refractivity contribution >= 4 is 50.9 Å². The first-order chi connectivity index (χ1) is 12.3. The van der Waals surface area contributed by atoms with Crippen LogP contribution < -0.4 is 4.74 Å². The van der Waals surface area contributed by atoms with E-state index in [9.17, 15) is 14.7 Å². The zero-order valence-electron chi connectivity index (χ0n) is 13.8. The van der Waals surface area contributed by atoms with E-state index < -0.39 is 27.5 Å². The molecule has 0 bridgehead atoms. The van der Waals surface area contributed by atoms with Crippen molar-refractivity contribution in [3.63, 3.8) is 0 Å². The Morgan fingerprint density at radius 3 is 2.69 bits per heavy atom. The molecule has 1 aliphatic heterocycles. The number of aromatic hydroxyl groups is 1. The molecule has 1 N–H and O–H groups in total. The van der Waals surface area contributed by atoms with Crippen LogP contribution in [0.5, 0.6) is 11.5 Å². The second kappa shape index (κ2) is 6.59. The van der Waals surface area contributed by atoms with Gasteiger partial charge in [-0.3, -0.25) is 14.5 Å². The lowest BCUT2D eigenvalue weighted by molar-refractivity contribution is -0.138. The Morgan fingerprint density at radius 1 is 1.42 bits per heavy atom. The van der Waals surface area contributed by atoms with E-state index in [1.165, 1.54) is 13.2 Å². The van der Waals surface area contributed by atoms with Crippen molar-refractivity contribution in [2.24, 2.45) is 0 Å². The molecule has 0 radical (unpaired) electrons. The Labute approximate surface area is 169 Å². The molecule has 0 spiro atoms. The number of fused-ring (bicyclic) bond motifs is 1. The smallest absolute Gasteiger partial charge is 0.254 e. The van der Waals surface area contributed by atoms with E-state index in [0.717, 1.165) is 4.90 Å². The van der Waals surface area contributed by atoms with Gasteiger partial charge in [-0.25, -0.2) is 0 Å². The number of rotatable bonds is 4. The van der Waals surface area contributed by atoms with Crippen molar-refractivity contribution in [1.82, 2.24) is 4.90 Å². The number of methoxy groups -OCH3 is 1. The van der Waals surface area contributed by atoms with Gasteiger partial charge >= 0.3 is 0 Å². The van der Waals surface area contributed by atoms with Crippen LogP contribution in [0.3, 0.4) is 0 Å². The predicted octanol–water partition coefficient (Wildman–Crippen LogP) is 3.68. The van der Waals surface area contributed by atoms with Crippen LogP contribution in [0.4, 0.5) is 0 Å². The lowest BCUT2D eigenvalue weighted by atomic mass is 9.68. The van der Waals surface area contributed by atoms with Crippen LogP contribution in [0.25, 0.3) is 0 Å². The zero-order chi connectivity index (χ0) is 19.3. The molecule has 3 unspecified atom stereocenters. The SMILES string of the molecule is C=CC1=CCC2(Cl)C(=O)N(CBr)C(=O)C2(Cl)C1c1c(O)cccc1OC. The van der Waals surface area contributed by atoms with Gasteiger partial charge in [0, 0.05) is 11.5 Å². The molecule has 1 saturated heterocycles. The quantitative estimate of drug-likeness (QED) is 0.422. The summed E-state index contributed by atoms with van der Waals surface area (Å²) in [7, 11) is 1.44. The van der Waals surface area contributed by atoms with Gasteiger partial charge in [0.15, 0.2) is 9.75 Å². The molecule has 1 aliphatic carbocycles. The number of hydrogen-bond acceptors (Lipinski definition) is 4. The maximum absolute atomic E-state index is 13.1. The van der Waals surface area contributed by atoms with Crippen molar-refractivity contribution in [2.75, 3.05) is 12.6 Å². The maximum Gasteiger partial charge on any atom is 0.254 e. The average molecular weight is 461 g/mol. The second-order valence-electron chi connectivity index (χ2n) is 6.11. The molecule has 138 valence electrons. The number of carbonyl (C=O) groups is 2. The standard InChI is InChI=1S/C18H16BrCl2NO4/c1-3-10-7-8-17(20)15(24)22(9-19)16(25)18(17,21)14(10)13-11(23)5-4-6-12(13)26-2/h3-7,14,23H,1,8-9H2,2H3. The molecule has 1 aromatic carbocycles. The number of benzene rings is 1. The van der Waals surface area contributed by atoms with E-state index in [1.807, 2.05) is 0 Å². The molecular formula is C18H16BrCl2NO4. The van der Waals surface area contributed by atoms with Gasteiger partial charge in [-0.15, -0.1) is 23.2 Å². The summed E-state index contributed by atoms with van der Waals surface area (Å²) in [5, 5.41) is 10.5. The molecule has 26 heavy (non-hydrogen) atoms. The Morgan fingerprint density at radius 2 is 2.12 bits per heavy atom. The van der Waals surface area contributed by atoms with Crippen molar-refractivity contribution in [2.45, 2.75) is 22.1 Å². The van der Waals surface area contributed by atoms with Gasteiger partial charge < -0.3 is 9.84 Å². The Balaban J connectivity index is 2.34. The number of nitrogens with zero attached hydrogens (tertiary/aromatic N) is 1. The molecule has 8 heteroatoms. The molecule has 0 saturated carbocycles. The number of allylic oxidation sites excluding steroid dienone is 3. The Hall–Kier alpha value is -1.50. The number of carbonyl (C=O) groups excluding carboxylic acids is 2. The molecule has 1 heterocycles. The third kappa shape index (κ3) is 2.28. The summed E-state index contributed by atoms with van der Waals surface area (Å²) < 4.78 is 5.37. The fraction of sp³-hybridized carbons (Fsp3) is 0.333. The molecule has 3 rings (SSSR count). The van der Waals surface area contributed by atoms with Gasteiger partial charge in [0.05, 0.1) is 12.6 Å². The van der Waals surface area contributed by atoms with Crippen LogP contribution in [-0.4, -0.2) is 44.1 Å². The van der Waals surface area contributed by atoms with Crippen molar-refractivity contribution in [1.29, 1.82) is 0 Å². The number of likely N-dealkylation sites (tertiary alicyclic amines) is 1. The molecule has 1 aromatic rings. The molecule has 1 fully saturated rings. The second-order valence-corrected chi connectivity index (χ2v) is 7.85. The van der Waals surface area contributed by atoms with Crippen molar-refractivity contribution in [3.05, 3.63) is 48.1 Å². The summed E-state index contributed by atoms with van der Waals surface area (Å²) in [6.07, 6.45) is 3.34. The topological polar surface area (TPSA) is 66.8 Å². The van der Waals surface area contributed by atoms with Gasteiger partial charge in [0.1, 0.15) is 11.5 Å². The van der Waals surface area contributed by atoms with E-state index in [0.29, 0.717) is 16.9 Å². The normalized spacial score (nSPS) is 30.8. The number of hydrogen-bond donors (Lipinski definition) is 1. The number of halogens is 3. The highest BCUT2D eigenvalue weighted by Crippen LogP contribution is 2.61. The highest BCUT2D eigenvalue weighted by atomic mass is 79.9. The zero-order valence-corrected chi connectivity index (χ0v) is 16.9. The number of phenols is 1. The summed E-state index contributed by atoms with van der Waals surface area (Å²) in [6.45, 7) is 3.78. The van der Waals surface area contributed by atoms with Crippen LogP contribution in [0.15, 0.2) is 42.5 Å². The van der Waals surface area contributed by atoms with E-state index in [4.69, 9.17) is 27.9 Å². The lowest BCUT2D eigenvalue weighted by Crippen LogP contribution is -2.55. The Kier molecular flexibility index (Phi) is 4.88. The van der Waals surface area contributed by atoms with E-state index >= 15 is 0 Å². The third-order valence-electron chi connectivity index (χ3n) is 4.97. The van der Waals surface area contributed by atoms with Gasteiger partial charge in [0.2, 0.25) is 0 Å². The molecule has 3 atom stereocenters. The first-order valence-electron chi connectivity index (χ1n) is 7.76. The first-order valence-corrected chi connectivity index (χ1v) is 9.64. The minimum Gasteiger partial charge on any atom is -0.508 e. The summed E-state index contributed by atoms with van der Waals surface area (Å²) in [5.41, 5.74) is 0.855. The van der Waals surface area contributed by atoms with Gasteiger partial charge in [-0.05, 0) is 24.1 Å². The summed E-state index contributed by atoms with van der Waals surface area (Å²) in [4.78, 5) is 23.4. The molecule has 0 aromatic heterocycles. The van der Waals surface area contributed by atoms with Crippen LogP contribution in [0, 0.1) is 0 Å². The number of phenolic OH excluding ortho intramolecular Hbond substituents is 1. The van der Waals surface area contributed by atoms with Crippen LogP contribution in [0.2, 0.25) is 0 Å². The lowest BCUT2D eigenvalue weighted by Gasteiger charge is -2.42. The molecule has 2 aliphatic rings. The van der Waals surface area contributed by atoms with Gasteiger partial charge in [-0.2, -0.15) is 0 Å². The van der Waals surface area contributed by atoms with E-state index in [2.05, 4.69) is 22.5 Å². The fourth-order valence-electron chi connectivity index (χ4n) is 3.70. The minimum absolute atomic E-state index is 0.0261. The largest absolute Gasteiger partial charge is 0.508 e. The number of amides is 2. The van der Waals surface area contributed by atoms with E-state index in [1.54, 1.807) is 24.3 Å². The highest BCUT2D eigenvalue weighted by Gasteiger charge is 2.73. The number of ether oxygens (including phenoxy) is 1. The third-order valence-corrected chi connectivity index (χ3v) is 6.89. The van der Waals surface area contributed by atoms with Crippen LogP contribution >= 0.6 is 39.1 Å². The number of alkyl halides is 3. The van der Waals surface area contributed by atoms with Crippen molar-refractivity contribution < 1.29 is 19.4 Å². The minimum atomic E-state index is -1.83. The summed E-state index contributed by atoms with van der Waals surface area (Å²) in [6, 6.07) is 4.72. The maximum atomic E-state index is 13.1. The predicted molar refractivity (Wildman–Crippen MR) is 103 cm³/mol. The molecular weight excluding hydrogens is 445 g/mol. The fourth-order valence-corrected chi connectivity index (χ4v) is 5.02. The number of imide groups is 1. The summed E-state index contributed by atoms with van der Waals surface area (Å²) >= 11 is 16.7. The van der Waals surface area contributed by atoms with Crippen LogP contribution in [-0.2, 0) is 9.59 Å². The van der Waals surface area contributed by atoms with Crippen LogP contribution in [0.1, 0.15) is 17.9 Å². The monoisotopic (exact) mass is 459 g/mol. The van der Waals surface area contributed by atoms with E-state index in [-0.39, 0.29) is 17.6 Å². The molecule has 2 amide bonds. The average Bonchev–Trinajstić information content (AvgIpc) is 2.78. The van der Waals surface area contributed by atoms with Crippen molar-refractivity contribution in [3.8, 4) is 11.5 Å². The highest BCUT2D eigenvalue weighted by molar-refractivity contribution is 9.09. The van der Waals surface area contributed by atoms with Gasteiger partial charge in [-0.1, -0.05) is 40.7 Å². The first kappa shape index (κ1) is 19.3. The van der Waals surface area contributed by atoms with Gasteiger partial charge in [0.25, 0.3) is 11.8 Å². The molecule has 5 nitrogen and oxygen atoms in total. The Bertz CT molecular complexity index is 842.